The number of carbonyl (C=O) groups is 1. The number of Topliss-reactive ketones (excluding diaryl/α,β-unsaturated/α-hetero) is 1. The van der Waals surface area contributed by atoms with E-state index in [9.17, 15) is 4.79 Å². The van der Waals surface area contributed by atoms with Crippen LogP contribution in [0.2, 0.25) is 0 Å². The average molecular weight is 258 g/mol. The summed E-state index contributed by atoms with van der Waals surface area (Å²) in [4.78, 5) is 14.6. The van der Waals surface area contributed by atoms with Crippen LogP contribution >= 0.6 is 0 Å². The second kappa shape index (κ2) is 4.57. The van der Waals surface area contributed by atoms with E-state index < -0.39 is 0 Å². The second-order valence-corrected chi connectivity index (χ2v) is 6.70. The number of carbonyl (C=O) groups excluding carboxylic acids is 1. The third-order valence-electron chi connectivity index (χ3n) is 5.35. The SMILES string of the molecule is C=C[C@@]1(CC(=O)C=[N+]=[N-])C[C@@H]2[C@@H](C=C(C)C2(C)C)C1. The highest BCUT2D eigenvalue weighted by atomic mass is 16.1. The van der Waals surface area contributed by atoms with Gasteiger partial charge >= 0.3 is 6.21 Å². The summed E-state index contributed by atoms with van der Waals surface area (Å²) >= 11 is 0. The molecule has 1 fully saturated rings. The number of hydrogen-bond donors (Lipinski definition) is 0. The molecule has 2 rings (SSSR count). The first-order valence-corrected chi connectivity index (χ1v) is 6.87. The Morgan fingerprint density at radius 3 is 2.79 bits per heavy atom. The first-order chi connectivity index (χ1) is 8.84. The van der Waals surface area contributed by atoms with Crippen LogP contribution in [0, 0.1) is 22.7 Å². The summed E-state index contributed by atoms with van der Waals surface area (Å²) in [5.74, 6) is 1.01. The third-order valence-corrected chi connectivity index (χ3v) is 5.35. The highest BCUT2D eigenvalue weighted by Gasteiger charge is 2.52. The number of allylic oxidation sites excluding steroid dienone is 3. The molecular formula is C16H22N2O. The molecular weight excluding hydrogens is 236 g/mol. The molecule has 0 amide bonds. The molecule has 0 aromatic carbocycles. The van der Waals surface area contributed by atoms with Crippen molar-refractivity contribution < 1.29 is 9.58 Å². The van der Waals surface area contributed by atoms with Crippen molar-refractivity contribution in [1.29, 1.82) is 0 Å². The number of hydrogen-bond acceptors (Lipinski definition) is 1. The number of ketones is 1. The lowest BCUT2D eigenvalue weighted by molar-refractivity contribution is -0.117. The highest BCUT2D eigenvalue weighted by Crippen LogP contribution is 2.60. The van der Waals surface area contributed by atoms with E-state index in [0.29, 0.717) is 18.3 Å². The monoisotopic (exact) mass is 258 g/mol. The zero-order chi connectivity index (χ0) is 14.3. The molecule has 2 aliphatic carbocycles. The first kappa shape index (κ1) is 14.0. The van der Waals surface area contributed by atoms with Crippen LogP contribution in [0.3, 0.4) is 0 Å². The lowest BCUT2D eigenvalue weighted by atomic mass is 9.72. The van der Waals surface area contributed by atoms with Gasteiger partial charge in [-0.05, 0) is 42.4 Å². The van der Waals surface area contributed by atoms with E-state index in [1.807, 2.05) is 6.08 Å². The summed E-state index contributed by atoms with van der Waals surface area (Å²) in [5, 5.41) is 0. The molecule has 0 bridgehead atoms. The van der Waals surface area contributed by atoms with E-state index in [4.69, 9.17) is 5.53 Å². The van der Waals surface area contributed by atoms with E-state index in [1.165, 1.54) is 5.57 Å². The fraction of sp³-hybridized carbons (Fsp3) is 0.625. The second-order valence-electron chi connectivity index (χ2n) is 6.70. The Morgan fingerprint density at radius 1 is 1.58 bits per heavy atom. The molecule has 0 unspecified atom stereocenters. The van der Waals surface area contributed by atoms with Crippen molar-refractivity contribution in [3.8, 4) is 0 Å². The van der Waals surface area contributed by atoms with E-state index in [-0.39, 0.29) is 16.6 Å². The molecule has 19 heavy (non-hydrogen) atoms. The van der Waals surface area contributed by atoms with Crippen molar-refractivity contribution in [1.82, 2.24) is 0 Å². The minimum atomic E-state index is -0.137. The molecule has 0 aliphatic heterocycles. The van der Waals surface area contributed by atoms with Gasteiger partial charge in [-0.25, -0.2) is 0 Å². The van der Waals surface area contributed by atoms with Gasteiger partial charge in [0.15, 0.2) is 0 Å². The Kier molecular flexibility index (Phi) is 3.36. The van der Waals surface area contributed by atoms with Gasteiger partial charge in [0.2, 0.25) is 5.78 Å². The summed E-state index contributed by atoms with van der Waals surface area (Å²) in [6, 6.07) is 0. The molecule has 0 aromatic heterocycles. The molecule has 0 N–H and O–H groups in total. The standard InChI is InChI=1S/C16H22N2O/c1-5-16(8-13(19)10-18-17)7-12-6-11(2)15(3,4)14(12)9-16/h5-6,10,12,14H,1,7-9H2,2-4H3/t12-,14+,16+/m0/s1. The molecule has 102 valence electrons. The Hall–Kier alpha value is -1.47. The molecule has 3 atom stereocenters. The molecule has 3 nitrogen and oxygen atoms in total. The zero-order valence-corrected chi connectivity index (χ0v) is 12.0. The summed E-state index contributed by atoms with van der Waals surface area (Å²) < 4.78 is 0. The summed E-state index contributed by atoms with van der Waals surface area (Å²) in [6.07, 6.45) is 7.69. The number of rotatable bonds is 4. The van der Waals surface area contributed by atoms with Gasteiger partial charge in [0, 0.05) is 6.42 Å². The van der Waals surface area contributed by atoms with Gasteiger partial charge < -0.3 is 5.53 Å². The van der Waals surface area contributed by atoms with Gasteiger partial charge in [-0.15, -0.1) is 6.58 Å². The number of fused-ring (bicyclic) bond motifs is 1. The highest BCUT2D eigenvalue weighted by molar-refractivity contribution is 6.25. The first-order valence-electron chi connectivity index (χ1n) is 6.87. The fourth-order valence-electron chi connectivity index (χ4n) is 3.92. The summed E-state index contributed by atoms with van der Waals surface area (Å²) in [7, 11) is 0. The average Bonchev–Trinajstić information content (AvgIpc) is 2.77. The van der Waals surface area contributed by atoms with Gasteiger partial charge in [0.05, 0.1) is 0 Å². The minimum absolute atomic E-state index is 0.124. The van der Waals surface area contributed by atoms with Crippen molar-refractivity contribution >= 4 is 12.0 Å². The minimum Gasteiger partial charge on any atom is -0.361 e. The molecule has 3 heteroatoms. The normalized spacial score (nSPS) is 35.2. The maximum Gasteiger partial charge on any atom is 0.323 e. The predicted molar refractivity (Wildman–Crippen MR) is 75.7 cm³/mol. The zero-order valence-electron chi connectivity index (χ0n) is 12.0. The van der Waals surface area contributed by atoms with Crippen LogP contribution in [-0.4, -0.2) is 16.8 Å². The molecule has 0 spiro atoms. The number of nitrogens with zero attached hydrogens (tertiary/aromatic N) is 2. The van der Waals surface area contributed by atoms with Crippen LogP contribution in [0.25, 0.3) is 5.53 Å². The summed E-state index contributed by atoms with van der Waals surface area (Å²) in [5.41, 5.74) is 10.00. The van der Waals surface area contributed by atoms with Crippen LogP contribution in [0.1, 0.15) is 40.0 Å². The van der Waals surface area contributed by atoms with E-state index >= 15 is 0 Å². The van der Waals surface area contributed by atoms with Crippen molar-refractivity contribution in [2.75, 3.05) is 0 Å². The smallest absolute Gasteiger partial charge is 0.323 e. The largest absolute Gasteiger partial charge is 0.361 e. The van der Waals surface area contributed by atoms with Crippen LogP contribution in [-0.2, 0) is 4.79 Å². The van der Waals surface area contributed by atoms with E-state index in [2.05, 4.69) is 38.2 Å². The Bertz CT molecular complexity index is 497. The lowest BCUT2D eigenvalue weighted by Crippen LogP contribution is -2.25. The van der Waals surface area contributed by atoms with Gasteiger partial charge in [0.1, 0.15) is 0 Å². The summed E-state index contributed by atoms with van der Waals surface area (Å²) in [6.45, 7) is 10.7. The van der Waals surface area contributed by atoms with Crippen LogP contribution in [0.15, 0.2) is 24.3 Å². The third kappa shape index (κ3) is 2.23. The fourth-order valence-corrected chi connectivity index (χ4v) is 3.92. The van der Waals surface area contributed by atoms with Gasteiger partial charge in [-0.2, -0.15) is 4.79 Å². The van der Waals surface area contributed by atoms with Crippen molar-refractivity contribution in [2.24, 2.45) is 22.7 Å². The van der Waals surface area contributed by atoms with Gasteiger partial charge in [0.25, 0.3) is 0 Å². The molecule has 0 heterocycles. The van der Waals surface area contributed by atoms with E-state index in [1.54, 1.807) is 0 Å². The molecule has 0 aromatic rings. The van der Waals surface area contributed by atoms with Gasteiger partial charge in [-0.3, -0.25) is 4.79 Å². The van der Waals surface area contributed by atoms with Crippen LogP contribution < -0.4 is 0 Å². The predicted octanol–water partition coefficient (Wildman–Crippen LogP) is 3.43. The van der Waals surface area contributed by atoms with Crippen LogP contribution in [0.5, 0.6) is 0 Å². The topological polar surface area (TPSA) is 53.5 Å². The Balaban J connectivity index is 2.22. The van der Waals surface area contributed by atoms with Gasteiger partial charge in [-0.1, -0.05) is 31.6 Å². The molecule has 2 aliphatic rings. The molecule has 0 radical (unpaired) electrons. The molecule has 1 saturated carbocycles. The maximum atomic E-state index is 11.7. The Labute approximate surface area is 115 Å². The van der Waals surface area contributed by atoms with Crippen LogP contribution in [0.4, 0.5) is 0 Å². The van der Waals surface area contributed by atoms with Crippen molar-refractivity contribution in [2.45, 2.75) is 40.0 Å². The Morgan fingerprint density at radius 2 is 2.26 bits per heavy atom. The lowest BCUT2D eigenvalue weighted by Gasteiger charge is -2.31. The maximum absolute atomic E-state index is 11.7. The quantitative estimate of drug-likeness (QED) is 0.330. The van der Waals surface area contributed by atoms with Crippen molar-refractivity contribution in [3.05, 3.63) is 29.8 Å². The van der Waals surface area contributed by atoms with Crippen molar-refractivity contribution in [3.63, 3.8) is 0 Å². The molecule has 0 saturated heterocycles. The van der Waals surface area contributed by atoms with E-state index in [0.717, 1.165) is 19.1 Å².